The summed E-state index contributed by atoms with van der Waals surface area (Å²) < 4.78 is 13.3. The van der Waals surface area contributed by atoms with E-state index in [-0.39, 0.29) is 30.1 Å². The van der Waals surface area contributed by atoms with Gasteiger partial charge in [-0.15, -0.1) is 0 Å². The highest BCUT2D eigenvalue weighted by Crippen LogP contribution is 2.27. The fraction of sp³-hybridized carbons (Fsp3) is 0.500. The molecular weight excluding hydrogens is 285 g/mol. The van der Waals surface area contributed by atoms with Crippen LogP contribution in [0.1, 0.15) is 25.8 Å². The maximum absolute atomic E-state index is 13.3. The molecule has 6 heteroatoms. The van der Waals surface area contributed by atoms with Crippen LogP contribution in [0, 0.1) is 11.7 Å². The normalized spacial score (nSPS) is 15.4. The fourth-order valence-electron chi connectivity index (χ4n) is 2.50. The number of hydrogen-bond donors (Lipinski definition) is 2. The maximum Gasteiger partial charge on any atom is 0.246 e. The summed E-state index contributed by atoms with van der Waals surface area (Å²) in [7, 11) is 0. The molecule has 1 aliphatic rings. The zero-order chi connectivity index (χ0) is 16.3. The van der Waals surface area contributed by atoms with Gasteiger partial charge < -0.3 is 16.0 Å². The van der Waals surface area contributed by atoms with Gasteiger partial charge in [-0.25, -0.2) is 4.39 Å². The van der Waals surface area contributed by atoms with Gasteiger partial charge in [0.25, 0.3) is 0 Å². The highest BCUT2D eigenvalue weighted by Gasteiger charge is 2.24. The van der Waals surface area contributed by atoms with E-state index >= 15 is 0 Å². The van der Waals surface area contributed by atoms with Gasteiger partial charge in [-0.3, -0.25) is 9.59 Å². The average Bonchev–Trinajstić information content (AvgIpc) is 2.50. The lowest BCUT2D eigenvalue weighted by Crippen LogP contribution is -2.48. The monoisotopic (exact) mass is 307 g/mol. The Balaban J connectivity index is 2.01. The van der Waals surface area contributed by atoms with E-state index in [1.165, 1.54) is 12.1 Å². The number of amides is 2. The number of anilines is 1. The lowest BCUT2D eigenvalue weighted by molar-refractivity contribution is -0.126. The quantitative estimate of drug-likeness (QED) is 0.878. The molecule has 1 atom stereocenters. The summed E-state index contributed by atoms with van der Waals surface area (Å²) in [5.74, 6) is -0.838. The number of rotatable bonds is 4. The van der Waals surface area contributed by atoms with Gasteiger partial charge in [0.15, 0.2) is 0 Å². The first-order valence-corrected chi connectivity index (χ1v) is 7.52. The van der Waals surface area contributed by atoms with E-state index in [1.807, 2.05) is 13.8 Å². The third-order valence-corrected chi connectivity index (χ3v) is 3.90. The standard InChI is InChI=1S/C16H22FN3O2/c1-10(2)15(18)16(22)19-9-14(21)20-7-3-4-11-8-12(17)5-6-13(11)20/h5-6,8,10,15H,3-4,7,9,18H2,1-2H3,(H,19,22)/t15-/m0/s1. The molecule has 1 heterocycles. The summed E-state index contributed by atoms with van der Waals surface area (Å²) in [6.45, 7) is 4.17. The topological polar surface area (TPSA) is 75.4 Å². The lowest BCUT2D eigenvalue weighted by Gasteiger charge is -2.29. The van der Waals surface area contributed by atoms with Crippen molar-refractivity contribution in [2.45, 2.75) is 32.7 Å². The summed E-state index contributed by atoms with van der Waals surface area (Å²) in [6, 6.07) is 3.79. The number of nitrogens with zero attached hydrogens (tertiary/aromatic N) is 1. The van der Waals surface area contributed by atoms with Crippen LogP contribution in [-0.2, 0) is 16.0 Å². The molecule has 3 N–H and O–H groups in total. The molecule has 0 bridgehead atoms. The summed E-state index contributed by atoms with van der Waals surface area (Å²) in [6.07, 6.45) is 1.53. The van der Waals surface area contributed by atoms with Crippen molar-refractivity contribution in [1.82, 2.24) is 5.32 Å². The number of nitrogens with one attached hydrogen (secondary N) is 1. The first kappa shape index (κ1) is 16.4. The van der Waals surface area contributed by atoms with E-state index < -0.39 is 6.04 Å². The fourth-order valence-corrected chi connectivity index (χ4v) is 2.50. The Morgan fingerprint density at radius 1 is 1.41 bits per heavy atom. The number of carbonyl (C=O) groups is 2. The predicted octanol–water partition coefficient (Wildman–Crippen LogP) is 1.20. The number of nitrogens with two attached hydrogens (primary N) is 1. The number of aryl methyl sites for hydroxylation is 1. The number of benzene rings is 1. The lowest BCUT2D eigenvalue weighted by atomic mass is 10.0. The summed E-state index contributed by atoms with van der Waals surface area (Å²) >= 11 is 0. The van der Waals surface area contributed by atoms with Crippen molar-refractivity contribution in [3.05, 3.63) is 29.6 Å². The van der Waals surface area contributed by atoms with Crippen molar-refractivity contribution in [1.29, 1.82) is 0 Å². The second-order valence-electron chi connectivity index (χ2n) is 5.91. The van der Waals surface area contributed by atoms with E-state index in [2.05, 4.69) is 5.32 Å². The zero-order valence-corrected chi connectivity index (χ0v) is 12.9. The van der Waals surface area contributed by atoms with Crippen molar-refractivity contribution >= 4 is 17.5 Å². The van der Waals surface area contributed by atoms with Crippen molar-refractivity contribution in [3.63, 3.8) is 0 Å². The average molecular weight is 307 g/mol. The highest BCUT2D eigenvalue weighted by atomic mass is 19.1. The van der Waals surface area contributed by atoms with Gasteiger partial charge in [-0.2, -0.15) is 0 Å². The summed E-state index contributed by atoms with van der Waals surface area (Å²) in [4.78, 5) is 25.7. The van der Waals surface area contributed by atoms with Gasteiger partial charge in [0.2, 0.25) is 11.8 Å². The van der Waals surface area contributed by atoms with Crippen LogP contribution < -0.4 is 16.0 Å². The molecule has 0 spiro atoms. The van der Waals surface area contributed by atoms with Crippen LogP contribution in [0.3, 0.4) is 0 Å². The Morgan fingerprint density at radius 3 is 2.82 bits per heavy atom. The Labute approximate surface area is 129 Å². The van der Waals surface area contributed by atoms with Crippen LogP contribution in [0.15, 0.2) is 18.2 Å². The van der Waals surface area contributed by atoms with Gasteiger partial charge in [-0.1, -0.05) is 13.8 Å². The molecule has 1 aliphatic heterocycles. The Hall–Kier alpha value is -1.95. The van der Waals surface area contributed by atoms with Crippen LogP contribution >= 0.6 is 0 Å². The molecule has 0 saturated carbocycles. The van der Waals surface area contributed by atoms with Gasteiger partial charge in [0.1, 0.15) is 5.82 Å². The minimum absolute atomic E-state index is 0.00814. The molecule has 120 valence electrons. The van der Waals surface area contributed by atoms with Crippen molar-refractivity contribution in [2.24, 2.45) is 11.7 Å². The molecule has 1 aromatic rings. The molecule has 0 saturated heterocycles. The Morgan fingerprint density at radius 2 is 2.14 bits per heavy atom. The Bertz CT molecular complexity index is 575. The molecule has 0 unspecified atom stereocenters. The predicted molar refractivity (Wildman–Crippen MR) is 82.9 cm³/mol. The third kappa shape index (κ3) is 3.62. The summed E-state index contributed by atoms with van der Waals surface area (Å²) in [5, 5.41) is 2.57. The minimum atomic E-state index is -0.629. The molecular formula is C16H22FN3O2. The Kier molecular flexibility index (Phi) is 5.13. The van der Waals surface area contributed by atoms with E-state index in [0.717, 1.165) is 24.1 Å². The molecule has 0 aliphatic carbocycles. The van der Waals surface area contributed by atoms with E-state index in [9.17, 15) is 14.0 Å². The van der Waals surface area contributed by atoms with Crippen LogP contribution in [0.4, 0.5) is 10.1 Å². The van der Waals surface area contributed by atoms with Gasteiger partial charge in [0, 0.05) is 12.2 Å². The molecule has 22 heavy (non-hydrogen) atoms. The van der Waals surface area contributed by atoms with Crippen LogP contribution in [-0.4, -0.2) is 30.9 Å². The second kappa shape index (κ2) is 6.87. The number of hydrogen-bond acceptors (Lipinski definition) is 3. The molecule has 5 nitrogen and oxygen atoms in total. The largest absolute Gasteiger partial charge is 0.346 e. The minimum Gasteiger partial charge on any atom is -0.346 e. The first-order chi connectivity index (χ1) is 10.4. The molecule has 1 aromatic carbocycles. The van der Waals surface area contributed by atoms with E-state index in [4.69, 9.17) is 5.73 Å². The van der Waals surface area contributed by atoms with E-state index in [0.29, 0.717) is 6.54 Å². The smallest absolute Gasteiger partial charge is 0.246 e. The van der Waals surface area contributed by atoms with Gasteiger partial charge in [-0.05, 0) is 42.5 Å². The summed E-state index contributed by atoms with van der Waals surface area (Å²) in [5.41, 5.74) is 7.29. The maximum atomic E-state index is 13.3. The molecule has 0 radical (unpaired) electrons. The number of halogens is 1. The SMILES string of the molecule is CC(C)[C@H](N)C(=O)NCC(=O)N1CCCc2cc(F)ccc21. The highest BCUT2D eigenvalue weighted by molar-refractivity contribution is 5.98. The van der Waals surface area contributed by atoms with Crippen molar-refractivity contribution in [3.8, 4) is 0 Å². The van der Waals surface area contributed by atoms with Crippen LogP contribution in [0.2, 0.25) is 0 Å². The molecule has 0 aromatic heterocycles. The third-order valence-electron chi connectivity index (χ3n) is 3.90. The van der Waals surface area contributed by atoms with Crippen LogP contribution in [0.25, 0.3) is 0 Å². The zero-order valence-electron chi connectivity index (χ0n) is 12.9. The number of fused-ring (bicyclic) bond motifs is 1. The second-order valence-corrected chi connectivity index (χ2v) is 5.91. The number of carbonyl (C=O) groups excluding carboxylic acids is 2. The molecule has 0 fully saturated rings. The first-order valence-electron chi connectivity index (χ1n) is 7.52. The molecule has 2 rings (SSSR count). The van der Waals surface area contributed by atoms with Gasteiger partial charge >= 0.3 is 0 Å². The van der Waals surface area contributed by atoms with Crippen LogP contribution in [0.5, 0.6) is 0 Å². The van der Waals surface area contributed by atoms with Crippen molar-refractivity contribution < 1.29 is 14.0 Å². The van der Waals surface area contributed by atoms with Gasteiger partial charge in [0.05, 0.1) is 12.6 Å². The molecule has 2 amide bonds. The van der Waals surface area contributed by atoms with E-state index in [1.54, 1.807) is 11.0 Å². The van der Waals surface area contributed by atoms with Crippen molar-refractivity contribution in [2.75, 3.05) is 18.0 Å².